The molecule has 2 aromatic carbocycles. The second-order valence-corrected chi connectivity index (χ2v) is 6.86. The van der Waals surface area contributed by atoms with E-state index in [1.54, 1.807) is 7.11 Å². The molecule has 0 bridgehead atoms. The van der Waals surface area contributed by atoms with Gasteiger partial charge in [0, 0.05) is 24.3 Å². The minimum absolute atomic E-state index is 0.0942. The number of benzene rings is 2. The Labute approximate surface area is 149 Å². The smallest absolute Gasteiger partial charge is 0.255 e. The summed E-state index contributed by atoms with van der Waals surface area (Å²) in [7, 11) is 1.62. The van der Waals surface area contributed by atoms with Gasteiger partial charge in [-0.2, -0.15) is 0 Å². The van der Waals surface area contributed by atoms with Crippen LogP contribution < -0.4 is 10.1 Å². The number of piperidine rings is 1. The summed E-state index contributed by atoms with van der Waals surface area (Å²) in [6.45, 7) is 5.62. The molecule has 3 rings (SSSR count). The van der Waals surface area contributed by atoms with Crippen LogP contribution in [-0.2, 0) is 6.54 Å². The van der Waals surface area contributed by atoms with E-state index in [1.807, 2.05) is 36.4 Å². The maximum atomic E-state index is 12.4. The molecule has 0 spiro atoms. The number of carbonyl (C=O) groups excluding carboxylic acids is 1. The van der Waals surface area contributed by atoms with Crippen molar-refractivity contribution >= 4 is 11.6 Å². The van der Waals surface area contributed by atoms with Crippen molar-refractivity contribution in [1.29, 1.82) is 0 Å². The van der Waals surface area contributed by atoms with Crippen molar-refractivity contribution in [2.75, 3.05) is 25.5 Å². The molecule has 1 heterocycles. The molecule has 0 aromatic heterocycles. The van der Waals surface area contributed by atoms with E-state index in [4.69, 9.17) is 4.74 Å². The molecule has 1 atom stereocenters. The lowest BCUT2D eigenvalue weighted by atomic mass is 9.99. The molecule has 2 aromatic rings. The monoisotopic (exact) mass is 338 g/mol. The second kappa shape index (κ2) is 8.17. The molecule has 1 aliphatic rings. The molecule has 0 aliphatic carbocycles. The van der Waals surface area contributed by atoms with E-state index in [0.717, 1.165) is 23.9 Å². The lowest BCUT2D eigenvalue weighted by molar-refractivity contribution is 0.102. The Balaban J connectivity index is 1.58. The first-order chi connectivity index (χ1) is 12.1. The Morgan fingerprint density at radius 2 is 1.88 bits per heavy atom. The van der Waals surface area contributed by atoms with Gasteiger partial charge in [-0.25, -0.2) is 0 Å². The summed E-state index contributed by atoms with van der Waals surface area (Å²) in [5, 5.41) is 2.91. The van der Waals surface area contributed by atoms with E-state index in [0.29, 0.717) is 5.56 Å². The molecular formula is C21H26N2O2. The van der Waals surface area contributed by atoms with Crippen molar-refractivity contribution in [1.82, 2.24) is 4.90 Å². The molecule has 1 saturated heterocycles. The van der Waals surface area contributed by atoms with Crippen LogP contribution in [0.1, 0.15) is 35.7 Å². The number of carbonyl (C=O) groups is 1. The number of nitrogens with zero attached hydrogens (tertiary/aromatic N) is 1. The molecule has 132 valence electrons. The Kier molecular flexibility index (Phi) is 5.71. The van der Waals surface area contributed by atoms with Gasteiger partial charge < -0.3 is 10.1 Å². The maximum Gasteiger partial charge on any atom is 0.255 e. The zero-order valence-electron chi connectivity index (χ0n) is 15.0. The normalized spacial score (nSPS) is 17.9. The average molecular weight is 338 g/mol. The third kappa shape index (κ3) is 4.83. The van der Waals surface area contributed by atoms with Gasteiger partial charge in [-0.1, -0.05) is 19.1 Å². The summed E-state index contributed by atoms with van der Waals surface area (Å²) in [5.74, 6) is 1.46. The Morgan fingerprint density at radius 3 is 2.52 bits per heavy atom. The van der Waals surface area contributed by atoms with Gasteiger partial charge in [0.2, 0.25) is 0 Å². The van der Waals surface area contributed by atoms with Gasteiger partial charge in [-0.3, -0.25) is 9.69 Å². The van der Waals surface area contributed by atoms with Crippen molar-refractivity contribution in [2.45, 2.75) is 26.3 Å². The predicted molar refractivity (Wildman–Crippen MR) is 101 cm³/mol. The van der Waals surface area contributed by atoms with Crippen LogP contribution >= 0.6 is 0 Å². The first-order valence-electron chi connectivity index (χ1n) is 8.91. The van der Waals surface area contributed by atoms with Crippen LogP contribution in [0.15, 0.2) is 48.5 Å². The van der Waals surface area contributed by atoms with Crippen LogP contribution in [0.5, 0.6) is 5.75 Å². The zero-order valence-corrected chi connectivity index (χ0v) is 15.0. The van der Waals surface area contributed by atoms with Gasteiger partial charge in [-0.15, -0.1) is 0 Å². The van der Waals surface area contributed by atoms with Crippen LogP contribution in [0.3, 0.4) is 0 Å². The molecule has 4 nitrogen and oxygen atoms in total. The highest BCUT2D eigenvalue weighted by Gasteiger charge is 2.16. The highest BCUT2D eigenvalue weighted by atomic mass is 16.5. The summed E-state index contributed by atoms with van der Waals surface area (Å²) >= 11 is 0. The van der Waals surface area contributed by atoms with E-state index in [2.05, 4.69) is 29.3 Å². The molecule has 0 radical (unpaired) electrons. The minimum atomic E-state index is -0.0942. The molecule has 0 saturated carbocycles. The highest BCUT2D eigenvalue weighted by molar-refractivity contribution is 6.04. The molecule has 25 heavy (non-hydrogen) atoms. The fraction of sp³-hybridized carbons (Fsp3) is 0.381. The first-order valence-corrected chi connectivity index (χ1v) is 8.91. The minimum Gasteiger partial charge on any atom is -0.497 e. The van der Waals surface area contributed by atoms with Gasteiger partial charge in [0.25, 0.3) is 5.91 Å². The SMILES string of the molecule is COc1ccc(NC(=O)c2ccc(CN3CCC[C@H](C)C3)cc2)cc1. The number of hydrogen-bond donors (Lipinski definition) is 1. The molecule has 4 heteroatoms. The van der Waals surface area contributed by atoms with Crippen molar-refractivity contribution in [3.05, 3.63) is 59.7 Å². The average Bonchev–Trinajstić information content (AvgIpc) is 2.63. The Bertz CT molecular complexity index is 695. The first kappa shape index (κ1) is 17.5. The quantitative estimate of drug-likeness (QED) is 0.889. The number of rotatable bonds is 5. The number of nitrogens with one attached hydrogen (secondary N) is 1. The topological polar surface area (TPSA) is 41.6 Å². The van der Waals surface area contributed by atoms with Crippen molar-refractivity contribution in [2.24, 2.45) is 5.92 Å². The van der Waals surface area contributed by atoms with Crippen molar-refractivity contribution < 1.29 is 9.53 Å². The lowest BCUT2D eigenvalue weighted by Crippen LogP contribution is -2.33. The predicted octanol–water partition coefficient (Wildman–Crippen LogP) is 4.18. The van der Waals surface area contributed by atoms with E-state index < -0.39 is 0 Å². The lowest BCUT2D eigenvalue weighted by Gasteiger charge is -2.30. The third-order valence-corrected chi connectivity index (χ3v) is 4.71. The van der Waals surface area contributed by atoms with E-state index in [9.17, 15) is 4.79 Å². The summed E-state index contributed by atoms with van der Waals surface area (Å²) in [5.41, 5.74) is 2.69. The van der Waals surface area contributed by atoms with E-state index >= 15 is 0 Å². The van der Waals surface area contributed by atoms with Crippen LogP contribution in [0, 0.1) is 5.92 Å². The number of methoxy groups -OCH3 is 1. The largest absolute Gasteiger partial charge is 0.497 e. The summed E-state index contributed by atoms with van der Waals surface area (Å²) < 4.78 is 5.12. The third-order valence-electron chi connectivity index (χ3n) is 4.71. The van der Waals surface area contributed by atoms with Crippen LogP contribution in [-0.4, -0.2) is 31.0 Å². The fourth-order valence-corrected chi connectivity index (χ4v) is 3.33. The van der Waals surface area contributed by atoms with Crippen molar-refractivity contribution in [3.63, 3.8) is 0 Å². The Morgan fingerprint density at radius 1 is 1.16 bits per heavy atom. The number of amides is 1. The zero-order chi connectivity index (χ0) is 17.6. The van der Waals surface area contributed by atoms with Gasteiger partial charge in [-0.05, 0) is 67.3 Å². The highest BCUT2D eigenvalue weighted by Crippen LogP contribution is 2.19. The number of hydrogen-bond acceptors (Lipinski definition) is 3. The van der Waals surface area contributed by atoms with Gasteiger partial charge in [0.15, 0.2) is 0 Å². The number of ether oxygens (including phenoxy) is 1. The van der Waals surface area contributed by atoms with Crippen LogP contribution in [0.2, 0.25) is 0 Å². The maximum absolute atomic E-state index is 12.4. The van der Waals surface area contributed by atoms with Crippen molar-refractivity contribution in [3.8, 4) is 5.75 Å². The van der Waals surface area contributed by atoms with Crippen LogP contribution in [0.4, 0.5) is 5.69 Å². The van der Waals surface area contributed by atoms with E-state index in [1.165, 1.54) is 31.5 Å². The standard InChI is InChI=1S/C21H26N2O2/c1-16-4-3-13-23(14-16)15-17-5-7-18(8-6-17)21(24)22-19-9-11-20(25-2)12-10-19/h5-12,16H,3-4,13-15H2,1-2H3,(H,22,24)/t16-/m0/s1. The summed E-state index contributed by atoms with van der Waals surface area (Å²) in [4.78, 5) is 14.9. The molecule has 1 amide bonds. The molecule has 1 aliphatic heterocycles. The molecular weight excluding hydrogens is 312 g/mol. The molecule has 1 N–H and O–H groups in total. The van der Waals surface area contributed by atoms with Gasteiger partial charge in [0.1, 0.15) is 5.75 Å². The van der Waals surface area contributed by atoms with Crippen LogP contribution in [0.25, 0.3) is 0 Å². The van der Waals surface area contributed by atoms with Gasteiger partial charge in [0.05, 0.1) is 7.11 Å². The molecule has 1 fully saturated rings. The number of anilines is 1. The summed E-state index contributed by atoms with van der Waals surface area (Å²) in [6.07, 6.45) is 2.62. The number of likely N-dealkylation sites (tertiary alicyclic amines) is 1. The fourth-order valence-electron chi connectivity index (χ4n) is 3.33. The van der Waals surface area contributed by atoms with Gasteiger partial charge >= 0.3 is 0 Å². The summed E-state index contributed by atoms with van der Waals surface area (Å²) in [6, 6.07) is 15.3. The molecule has 0 unspecified atom stereocenters. The Hall–Kier alpha value is -2.33. The van der Waals surface area contributed by atoms with E-state index in [-0.39, 0.29) is 5.91 Å². The second-order valence-electron chi connectivity index (χ2n) is 6.86.